The third kappa shape index (κ3) is 5.27. The molecule has 140 valence electrons. The molecule has 0 aliphatic rings. The van der Waals surface area contributed by atoms with Crippen LogP contribution in [0.5, 0.6) is 5.88 Å². The maximum atomic E-state index is 12.1. The summed E-state index contributed by atoms with van der Waals surface area (Å²) < 4.78 is 50.7. The van der Waals surface area contributed by atoms with E-state index in [0.29, 0.717) is 5.82 Å². The molecule has 2 aromatic heterocycles. The number of halogens is 3. The lowest BCUT2D eigenvalue weighted by atomic mass is 10.2. The molecule has 0 atom stereocenters. The third-order valence-electron chi connectivity index (χ3n) is 3.18. The molecule has 2 heterocycles. The van der Waals surface area contributed by atoms with Gasteiger partial charge >= 0.3 is 12.1 Å². The lowest BCUT2D eigenvalue weighted by molar-refractivity contribution is -0.154. The van der Waals surface area contributed by atoms with Crippen molar-refractivity contribution in [1.82, 2.24) is 15.1 Å². The molecule has 3 rings (SSSR count). The van der Waals surface area contributed by atoms with E-state index in [0.717, 1.165) is 17.8 Å². The van der Waals surface area contributed by atoms with E-state index in [1.54, 1.807) is 12.1 Å². The normalized spacial score (nSPS) is 11.2. The number of aromatic nitrogens is 3. The van der Waals surface area contributed by atoms with Gasteiger partial charge in [0.1, 0.15) is 0 Å². The molecule has 0 N–H and O–H groups in total. The smallest absolute Gasteiger partial charge is 0.422 e. The van der Waals surface area contributed by atoms with E-state index in [1.165, 1.54) is 6.07 Å². The highest BCUT2D eigenvalue weighted by Crippen LogP contribution is 2.18. The molecule has 1 aromatic carbocycles. The van der Waals surface area contributed by atoms with Crippen LogP contribution in [0.4, 0.5) is 13.2 Å². The van der Waals surface area contributed by atoms with Crippen molar-refractivity contribution in [2.45, 2.75) is 12.8 Å². The first kappa shape index (κ1) is 18.4. The number of carbonyl (C=O) groups is 1. The Labute approximate surface area is 150 Å². The maximum absolute atomic E-state index is 12.1. The molecule has 10 heteroatoms. The van der Waals surface area contributed by atoms with Crippen LogP contribution in [0.2, 0.25) is 0 Å². The van der Waals surface area contributed by atoms with Crippen LogP contribution < -0.4 is 4.74 Å². The van der Waals surface area contributed by atoms with Gasteiger partial charge in [0, 0.05) is 17.8 Å². The summed E-state index contributed by atoms with van der Waals surface area (Å²) in [6, 6.07) is 11.5. The Balaban J connectivity index is 1.54. The quantitative estimate of drug-likeness (QED) is 0.607. The van der Waals surface area contributed by atoms with Crippen LogP contribution in [0.15, 0.2) is 53.2 Å². The minimum absolute atomic E-state index is 0.0390. The molecule has 0 saturated carbocycles. The number of hydrogen-bond acceptors (Lipinski definition) is 7. The second-order valence-electron chi connectivity index (χ2n) is 5.24. The highest BCUT2D eigenvalue weighted by molar-refractivity contribution is 5.89. The van der Waals surface area contributed by atoms with Crippen molar-refractivity contribution in [2.24, 2.45) is 0 Å². The highest BCUT2D eigenvalue weighted by atomic mass is 19.4. The number of carbonyl (C=O) groups excluding carboxylic acids is 1. The predicted molar refractivity (Wildman–Crippen MR) is 84.6 cm³/mol. The molecule has 0 unspecified atom stereocenters. The molecule has 27 heavy (non-hydrogen) atoms. The Morgan fingerprint density at radius 3 is 2.56 bits per heavy atom. The van der Waals surface area contributed by atoms with Gasteiger partial charge in [0.05, 0.1) is 5.56 Å². The van der Waals surface area contributed by atoms with Crippen molar-refractivity contribution in [3.63, 3.8) is 0 Å². The standard InChI is InChI=1S/C17H12F3N3O4/c18-17(19,20)10-26-13-7-6-12(8-21-13)16(24)25-9-14-22-15(23-27-14)11-4-2-1-3-5-11/h1-8H,9-10H2. The van der Waals surface area contributed by atoms with Crippen LogP contribution in [0.3, 0.4) is 0 Å². The zero-order valence-corrected chi connectivity index (χ0v) is 13.6. The van der Waals surface area contributed by atoms with Crippen LogP contribution in [0.1, 0.15) is 16.2 Å². The Bertz CT molecular complexity index is 896. The largest absolute Gasteiger partial charge is 0.468 e. The van der Waals surface area contributed by atoms with E-state index in [2.05, 4.69) is 19.9 Å². The van der Waals surface area contributed by atoms with Crippen LogP contribution in [0, 0.1) is 0 Å². The number of benzene rings is 1. The molecule has 0 amide bonds. The molecule has 0 aliphatic heterocycles. The van der Waals surface area contributed by atoms with Gasteiger partial charge in [-0.15, -0.1) is 0 Å². The van der Waals surface area contributed by atoms with Crippen molar-refractivity contribution < 1.29 is 32.0 Å². The molecular formula is C17H12F3N3O4. The Hall–Kier alpha value is -3.43. The fourth-order valence-electron chi connectivity index (χ4n) is 1.97. The molecule has 0 bridgehead atoms. The number of rotatable bonds is 6. The lowest BCUT2D eigenvalue weighted by Gasteiger charge is -2.08. The first-order valence-electron chi connectivity index (χ1n) is 7.61. The van der Waals surface area contributed by atoms with Crippen molar-refractivity contribution in [3.05, 3.63) is 60.1 Å². The molecule has 0 fully saturated rings. The fourth-order valence-corrected chi connectivity index (χ4v) is 1.97. The summed E-state index contributed by atoms with van der Waals surface area (Å²) in [5, 5.41) is 3.79. The fraction of sp³-hybridized carbons (Fsp3) is 0.176. The van der Waals surface area contributed by atoms with E-state index < -0.39 is 18.8 Å². The predicted octanol–water partition coefficient (Wildman–Crippen LogP) is 3.43. The first-order valence-corrected chi connectivity index (χ1v) is 7.61. The monoisotopic (exact) mass is 379 g/mol. The lowest BCUT2D eigenvalue weighted by Crippen LogP contribution is -2.19. The molecule has 0 aliphatic carbocycles. The molecule has 0 saturated heterocycles. The van der Waals surface area contributed by atoms with Gasteiger partial charge in [-0.25, -0.2) is 9.78 Å². The average molecular weight is 379 g/mol. The Morgan fingerprint density at radius 2 is 1.89 bits per heavy atom. The molecule has 3 aromatic rings. The summed E-state index contributed by atoms with van der Waals surface area (Å²) >= 11 is 0. The van der Waals surface area contributed by atoms with E-state index in [4.69, 9.17) is 9.26 Å². The minimum atomic E-state index is -4.47. The van der Waals surface area contributed by atoms with E-state index in [1.807, 2.05) is 18.2 Å². The van der Waals surface area contributed by atoms with Gasteiger partial charge in [-0.3, -0.25) is 0 Å². The van der Waals surface area contributed by atoms with E-state index in [9.17, 15) is 18.0 Å². The first-order chi connectivity index (χ1) is 12.9. The minimum Gasteiger partial charge on any atom is -0.468 e. The summed E-state index contributed by atoms with van der Waals surface area (Å²) in [6.07, 6.45) is -3.42. The van der Waals surface area contributed by atoms with Gasteiger partial charge in [-0.05, 0) is 6.07 Å². The Morgan fingerprint density at radius 1 is 1.11 bits per heavy atom. The van der Waals surface area contributed by atoms with Gasteiger partial charge in [-0.2, -0.15) is 18.2 Å². The second kappa shape index (κ2) is 7.85. The molecule has 0 radical (unpaired) electrons. The topological polar surface area (TPSA) is 87.3 Å². The van der Waals surface area contributed by atoms with Gasteiger partial charge in [0.15, 0.2) is 13.2 Å². The highest BCUT2D eigenvalue weighted by Gasteiger charge is 2.28. The number of nitrogens with zero attached hydrogens (tertiary/aromatic N) is 3. The van der Waals surface area contributed by atoms with Gasteiger partial charge in [0.25, 0.3) is 5.89 Å². The number of esters is 1. The summed E-state index contributed by atoms with van der Waals surface area (Å²) in [6.45, 7) is -1.73. The summed E-state index contributed by atoms with van der Waals surface area (Å²) in [5.41, 5.74) is 0.787. The van der Waals surface area contributed by atoms with Crippen LogP contribution in [0.25, 0.3) is 11.4 Å². The number of alkyl halides is 3. The average Bonchev–Trinajstić information content (AvgIpc) is 3.14. The van der Waals surface area contributed by atoms with Gasteiger partial charge in [0.2, 0.25) is 11.7 Å². The van der Waals surface area contributed by atoms with Crippen LogP contribution in [-0.4, -0.2) is 33.9 Å². The molecule has 7 nitrogen and oxygen atoms in total. The zero-order valence-electron chi connectivity index (χ0n) is 13.6. The summed E-state index contributed by atoms with van der Waals surface area (Å²) in [4.78, 5) is 19.7. The number of ether oxygens (including phenoxy) is 2. The van der Waals surface area contributed by atoms with Crippen LogP contribution in [-0.2, 0) is 11.3 Å². The summed E-state index contributed by atoms with van der Waals surface area (Å²) in [5.74, 6) is -0.549. The summed E-state index contributed by atoms with van der Waals surface area (Å²) in [7, 11) is 0. The van der Waals surface area contributed by atoms with Crippen molar-refractivity contribution in [1.29, 1.82) is 0 Å². The number of pyridine rings is 1. The molecular weight excluding hydrogens is 367 g/mol. The van der Waals surface area contributed by atoms with E-state index in [-0.39, 0.29) is 23.9 Å². The van der Waals surface area contributed by atoms with Gasteiger partial charge < -0.3 is 14.0 Å². The van der Waals surface area contributed by atoms with Crippen LogP contribution >= 0.6 is 0 Å². The maximum Gasteiger partial charge on any atom is 0.422 e. The molecule has 0 spiro atoms. The number of hydrogen-bond donors (Lipinski definition) is 0. The van der Waals surface area contributed by atoms with Gasteiger partial charge in [-0.1, -0.05) is 35.5 Å². The zero-order chi connectivity index (χ0) is 19.3. The second-order valence-corrected chi connectivity index (χ2v) is 5.24. The van der Waals surface area contributed by atoms with Crippen molar-refractivity contribution in [2.75, 3.05) is 6.61 Å². The van der Waals surface area contributed by atoms with Crippen molar-refractivity contribution >= 4 is 5.97 Å². The third-order valence-corrected chi connectivity index (χ3v) is 3.18. The van der Waals surface area contributed by atoms with Crippen molar-refractivity contribution in [3.8, 4) is 17.3 Å². The Kier molecular flexibility index (Phi) is 5.34. The SMILES string of the molecule is O=C(OCc1nc(-c2ccccc2)no1)c1ccc(OCC(F)(F)F)nc1. The van der Waals surface area contributed by atoms with E-state index >= 15 is 0 Å².